The number of nitrogens with one attached hydrogen (secondary N) is 1. The molecule has 0 aliphatic heterocycles. The predicted octanol–water partition coefficient (Wildman–Crippen LogP) is 2.97. The molecule has 2 nitrogen and oxygen atoms in total. The molecule has 0 aromatic heterocycles. The fraction of sp³-hybridized carbons (Fsp3) is 1.00. The third-order valence-electron chi connectivity index (χ3n) is 3.77. The van der Waals surface area contributed by atoms with Crippen molar-refractivity contribution in [3.63, 3.8) is 0 Å². The van der Waals surface area contributed by atoms with Gasteiger partial charge in [-0.3, -0.25) is 0 Å². The average molecular weight is 213 g/mol. The third-order valence-corrected chi connectivity index (χ3v) is 3.77. The van der Waals surface area contributed by atoms with Crippen molar-refractivity contribution in [2.45, 2.75) is 51.4 Å². The first-order valence-electron chi connectivity index (χ1n) is 6.46. The summed E-state index contributed by atoms with van der Waals surface area (Å²) in [5, 5.41) is 3.39. The zero-order valence-electron chi connectivity index (χ0n) is 10.5. The van der Waals surface area contributed by atoms with Crippen molar-refractivity contribution in [2.75, 3.05) is 27.3 Å². The van der Waals surface area contributed by atoms with Crippen LogP contribution in [0.5, 0.6) is 0 Å². The van der Waals surface area contributed by atoms with Crippen molar-refractivity contribution in [1.29, 1.82) is 0 Å². The molecule has 0 radical (unpaired) electrons. The second-order valence-corrected chi connectivity index (χ2v) is 5.04. The van der Waals surface area contributed by atoms with E-state index in [2.05, 4.69) is 12.4 Å². The Kier molecular flexibility index (Phi) is 6.26. The van der Waals surface area contributed by atoms with Crippen LogP contribution in [0, 0.1) is 5.41 Å². The standard InChI is InChI=1S/C13H27NO/c1-14-12-13(8-4-3-5-9-13)10-6-7-11-15-2/h14H,3-12H2,1-2H3. The van der Waals surface area contributed by atoms with E-state index < -0.39 is 0 Å². The lowest BCUT2D eigenvalue weighted by Crippen LogP contribution is -2.34. The highest BCUT2D eigenvalue weighted by Gasteiger charge is 2.30. The van der Waals surface area contributed by atoms with Gasteiger partial charge in [-0.15, -0.1) is 0 Å². The maximum Gasteiger partial charge on any atom is 0.0462 e. The molecule has 0 amide bonds. The van der Waals surface area contributed by atoms with Crippen molar-refractivity contribution < 1.29 is 4.74 Å². The summed E-state index contributed by atoms with van der Waals surface area (Å²) in [7, 11) is 3.88. The van der Waals surface area contributed by atoms with Gasteiger partial charge in [-0.2, -0.15) is 0 Å². The van der Waals surface area contributed by atoms with Crippen LogP contribution in [0.25, 0.3) is 0 Å². The van der Waals surface area contributed by atoms with Gasteiger partial charge in [0.05, 0.1) is 0 Å². The maximum atomic E-state index is 5.11. The first-order chi connectivity index (χ1) is 7.33. The average Bonchev–Trinajstić information content (AvgIpc) is 2.26. The van der Waals surface area contributed by atoms with E-state index in [9.17, 15) is 0 Å². The van der Waals surface area contributed by atoms with Gasteiger partial charge < -0.3 is 10.1 Å². The van der Waals surface area contributed by atoms with Crippen molar-refractivity contribution in [2.24, 2.45) is 5.41 Å². The van der Waals surface area contributed by atoms with Gasteiger partial charge in [-0.05, 0) is 38.1 Å². The van der Waals surface area contributed by atoms with Crippen LogP contribution in [0.4, 0.5) is 0 Å². The molecule has 1 fully saturated rings. The minimum Gasteiger partial charge on any atom is -0.385 e. The molecule has 0 aromatic rings. The Morgan fingerprint density at radius 1 is 1.13 bits per heavy atom. The zero-order chi connectivity index (χ0) is 11.0. The number of unbranched alkanes of at least 4 members (excludes halogenated alkanes) is 1. The summed E-state index contributed by atoms with van der Waals surface area (Å²) in [6, 6.07) is 0. The summed E-state index contributed by atoms with van der Waals surface area (Å²) < 4.78 is 5.11. The number of rotatable bonds is 7. The predicted molar refractivity (Wildman–Crippen MR) is 65.2 cm³/mol. The van der Waals surface area contributed by atoms with Gasteiger partial charge >= 0.3 is 0 Å². The molecule has 0 bridgehead atoms. The Hall–Kier alpha value is -0.0800. The molecule has 15 heavy (non-hydrogen) atoms. The Bertz CT molecular complexity index is 147. The summed E-state index contributed by atoms with van der Waals surface area (Å²) >= 11 is 0. The van der Waals surface area contributed by atoms with E-state index in [1.807, 2.05) is 0 Å². The zero-order valence-corrected chi connectivity index (χ0v) is 10.5. The molecule has 1 rings (SSSR count). The van der Waals surface area contributed by atoms with E-state index >= 15 is 0 Å². The summed E-state index contributed by atoms with van der Waals surface area (Å²) in [4.78, 5) is 0. The quantitative estimate of drug-likeness (QED) is 0.656. The summed E-state index contributed by atoms with van der Waals surface area (Å²) in [6.07, 6.45) is 11.1. The minimum atomic E-state index is 0.612. The van der Waals surface area contributed by atoms with E-state index in [4.69, 9.17) is 4.74 Å². The smallest absolute Gasteiger partial charge is 0.0462 e. The van der Waals surface area contributed by atoms with E-state index in [0.717, 1.165) is 6.61 Å². The molecular weight excluding hydrogens is 186 g/mol. The molecule has 0 unspecified atom stereocenters. The van der Waals surface area contributed by atoms with Gasteiger partial charge in [0.2, 0.25) is 0 Å². The number of ether oxygens (including phenoxy) is 1. The van der Waals surface area contributed by atoms with E-state index in [1.54, 1.807) is 7.11 Å². The second-order valence-electron chi connectivity index (χ2n) is 5.04. The molecular formula is C13H27NO. The minimum absolute atomic E-state index is 0.612. The van der Waals surface area contributed by atoms with Crippen molar-refractivity contribution >= 4 is 0 Å². The van der Waals surface area contributed by atoms with Crippen LogP contribution in [0.15, 0.2) is 0 Å². The molecule has 0 saturated heterocycles. The lowest BCUT2D eigenvalue weighted by molar-refractivity contribution is 0.149. The van der Waals surface area contributed by atoms with Crippen LogP contribution in [0.2, 0.25) is 0 Å². The second kappa shape index (κ2) is 7.24. The Balaban J connectivity index is 2.28. The van der Waals surface area contributed by atoms with Crippen LogP contribution in [0.1, 0.15) is 51.4 Å². The monoisotopic (exact) mass is 213 g/mol. The van der Waals surface area contributed by atoms with Gasteiger partial charge in [0.15, 0.2) is 0 Å². The normalized spacial score (nSPS) is 20.4. The highest BCUT2D eigenvalue weighted by molar-refractivity contribution is 4.84. The number of hydrogen-bond acceptors (Lipinski definition) is 2. The Labute approximate surface area is 94.8 Å². The topological polar surface area (TPSA) is 21.3 Å². The summed E-state index contributed by atoms with van der Waals surface area (Å²) in [5.74, 6) is 0. The van der Waals surface area contributed by atoms with Gasteiger partial charge in [0.25, 0.3) is 0 Å². The molecule has 0 spiro atoms. The number of methoxy groups -OCH3 is 1. The molecule has 0 heterocycles. The lowest BCUT2D eigenvalue weighted by Gasteiger charge is -2.37. The van der Waals surface area contributed by atoms with Crippen LogP contribution < -0.4 is 5.32 Å². The van der Waals surface area contributed by atoms with Crippen molar-refractivity contribution in [3.8, 4) is 0 Å². The molecule has 1 aliphatic rings. The largest absolute Gasteiger partial charge is 0.385 e. The summed E-state index contributed by atoms with van der Waals surface area (Å²) in [5.41, 5.74) is 0.612. The molecule has 1 aliphatic carbocycles. The summed E-state index contributed by atoms with van der Waals surface area (Å²) in [6.45, 7) is 2.13. The number of hydrogen-bond donors (Lipinski definition) is 1. The molecule has 1 saturated carbocycles. The van der Waals surface area contributed by atoms with Crippen LogP contribution in [-0.4, -0.2) is 27.3 Å². The van der Waals surface area contributed by atoms with E-state index in [-0.39, 0.29) is 0 Å². The maximum absolute atomic E-state index is 5.11. The Morgan fingerprint density at radius 2 is 1.87 bits per heavy atom. The highest BCUT2D eigenvalue weighted by Crippen LogP contribution is 2.39. The molecule has 0 atom stereocenters. The SMILES string of the molecule is CNCC1(CCCCOC)CCCCC1. The van der Waals surface area contributed by atoms with Crippen molar-refractivity contribution in [1.82, 2.24) is 5.32 Å². The van der Waals surface area contributed by atoms with Crippen LogP contribution >= 0.6 is 0 Å². The van der Waals surface area contributed by atoms with Crippen LogP contribution in [0.3, 0.4) is 0 Å². The third kappa shape index (κ3) is 4.52. The first-order valence-corrected chi connectivity index (χ1v) is 6.46. The molecule has 1 N–H and O–H groups in total. The fourth-order valence-corrected chi connectivity index (χ4v) is 2.94. The molecule has 2 heteroatoms. The lowest BCUT2D eigenvalue weighted by atomic mass is 9.71. The van der Waals surface area contributed by atoms with E-state index in [1.165, 1.54) is 57.9 Å². The van der Waals surface area contributed by atoms with Gasteiger partial charge in [-0.1, -0.05) is 25.7 Å². The Morgan fingerprint density at radius 3 is 2.47 bits per heavy atom. The van der Waals surface area contributed by atoms with Crippen molar-refractivity contribution in [3.05, 3.63) is 0 Å². The highest BCUT2D eigenvalue weighted by atomic mass is 16.5. The molecule has 90 valence electrons. The molecule has 0 aromatic carbocycles. The van der Waals surface area contributed by atoms with Crippen LogP contribution in [-0.2, 0) is 4.74 Å². The van der Waals surface area contributed by atoms with Gasteiger partial charge in [-0.25, -0.2) is 0 Å². The van der Waals surface area contributed by atoms with E-state index in [0.29, 0.717) is 5.41 Å². The fourth-order valence-electron chi connectivity index (χ4n) is 2.94. The van der Waals surface area contributed by atoms with Gasteiger partial charge in [0.1, 0.15) is 0 Å². The first kappa shape index (κ1) is 13.0. The van der Waals surface area contributed by atoms with Gasteiger partial charge in [0, 0.05) is 20.3 Å².